The highest BCUT2D eigenvalue weighted by atomic mass is 16.3. The van der Waals surface area contributed by atoms with E-state index in [1.807, 2.05) is 23.1 Å². The van der Waals surface area contributed by atoms with Crippen LogP contribution in [0, 0.1) is 0 Å². The average Bonchev–Trinajstić information content (AvgIpc) is 3.29. The lowest BCUT2D eigenvalue weighted by molar-refractivity contribution is 0.0672. The van der Waals surface area contributed by atoms with Crippen LogP contribution in [0.15, 0.2) is 57.6 Å². The Kier molecular flexibility index (Phi) is 4.09. The van der Waals surface area contributed by atoms with Gasteiger partial charge in [-0.25, -0.2) is 0 Å². The molecule has 5 heteroatoms. The van der Waals surface area contributed by atoms with Crippen molar-refractivity contribution in [3.8, 4) is 0 Å². The molecule has 1 aliphatic rings. The number of benzene rings is 1. The maximum absolute atomic E-state index is 12.2. The Labute approximate surface area is 140 Å². The molecule has 5 nitrogen and oxygen atoms in total. The number of likely N-dealkylation sites (tertiary alicyclic amines) is 1. The minimum Gasteiger partial charge on any atom is -0.460 e. The van der Waals surface area contributed by atoms with Crippen LogP contribution >= 0.6 is 0 Å². The highest BCUT2D eigenvalue weighted by Gasteiger charge is 2.24. The lowest BCUT2D eigenvalue weighted by Gasteiger charge is -2.31. The third-order valence-corrected chi connectivity index (χ3v) is 4.56. The van der Waals surface area contributed by atoms with E-state index >= 15 is 0 Å². The fourth-order valence-corrected chi connectivity index (χ4v) is 3.21. The second kappa shape index (κ2) is 6.53. The normalized spacial score (nSPS) is 15.9. The number of carbonyl (C=O) groups excluding carboxylic acids is 1. The molecule has 1 N–H and O–H groups in total. The molecule has 0 bridgehead atoms. The van der Waals surface area contributed by atoms with Crippen LogP contribution in [0.25, 0.3) is 11.0 Å². The first kappa shape index (κ1) is 15.0. The third kappa shape index (κ3) is 3.08. The second-order valence-corrected chi connectivity index (χ2v) is 6.18. The standard InChI is InChI=1S/C19H20N2O3/c22-19(18-6-3-11-23-18)21-9-7-15(8-10-21)20-13-16-12-14-4-1-2-5-17(14)24-16/h1-6,11-12,15,20H,7-10,13H2. The zero-order valence-electron chi connectivity index (χ0n) is 13.4. The zero-order valence-corrected chi connectivity index (χ0v) is 13.4. The Morgan fingerprint density at radius 2 is 2.00 bits per heavy atom. The number of piperidine rings is 1. The van der Waals surface area contributed by atoms with Crippen LogP contribution in [0.4, 0.5) is 0 Å². The summed E-state index contributed by atoms with van der Waals surface area (Å²) >= 11 is 0. The van der Waals surface area contributed by atoms with Gasteiger partial charge in [0.15, 0.2) is 5.76 Å². The van der Waals surface area contributed by atoms with Crippen LogP contribution in [0.5, 0.6) is 0 Å². The molecule has 0 radical (unpaired) electrons. The van der Waals surface area contributed by atoms with Gasteiger partial charge in [-0.15, -0.1) is 0 Å². The van der Waals surface area contributed by atoms with E-state index in [2.05, 4.69) is 17.4 Å². The van der Waals surface area contributed by atoms with Gasteiger partial charge in [-0.1, -0.05) is 18.2 Å². The fraction of sp³-hybridized carbons (Fsp3) is 0.316. The van der Waals surface area contributed by atoms with E-state index in [-0.39, 0.29) is 5.91 Å². The topological polar surface area (TPSA) is 58.6 Å². The number of fused-ring (bicyclic) bond motifs is 1. The van der Waals surface area contributed by atoms with E-state index in [4.69, 9.17) is 8.83 Å². The van der Waals surface area contributed by atoms with Gasteiger partial charge >= 0.3 is 0 Å². The summed E-state index contributed by atoms with van der Waals surface area (Å²) in [6.45, 7) is 2.21. The number of nitrogens with one attached hydrogen (secondary N) is 1. The van der Waals surface area contributed by atoms with Crippen molar-refractivity contribution in [3.05, 3.63) is 60.2 Å². The van der Waals surface area contributed by atoms with Crippen LogP contribution < -0.4 is 5.32 Å². The van der Waals surface area contributed by atoms with E-state index < -0.39 is 0 Å². The molecule has 0 aliphatic carbocycles. The smallest absolute Gasteiger partial charge is 0.289 e. The first-order valence-electron chi connectivity index (χ1n) is 8.33. The number of hydrogen-bond acceptors (Lipinski definition) is 4. The molecule has 4 rings (SSSR count). The van der Waals surface area contributed by atoms with Crippen molar-refractivity contribution in [1.29, 1.82) is 0 Å². The van der Waals surface area contributed by atoms with Crippen LogP contribution in [0.3, 0.4) is 0 Å². The Morgan fingerprint density at radius 3 is 2.75 bits per heavy atom. The van der Waals surface area contributed by atoms with Gasteiger partial charge < -0.3 is 19.1 Å². The van der Waals surface area contributed by atoms with Gasteiger partial charge in [-0.3, -0.25) is 4.79 Å². The van der Waals surface area contributed by atoms with Crippen molar-refractivity contribution in [2.24, 2.45) is 0 Å². The van der Waals surface area contributed by atoms with Crippen LogP contribution in [0.2, 0.25) is 0 Å². The van der Waals surface area contributed by atoms with Gasteiger partial charge in [0, 0.05) is 24.5 Å². The van der Waals surface area contributed by atoms with Gasteiger partial charge in [0.2, 0.25) is 0 Å². The molecule has 0 atom stereocenters. The first-order chi connectivity index (χ1) is 11.8. The molecule has 0 unspecified atom stereocenters. The molecule has 1 aromatic carbocycles. The highest BCUT2D eigenvalue weighted by molar-refractivity contribution is 5.91. The summed E-state index contributed by atoms with van der Waals surface area (Å²) in [5.74, 6) is 1.35. The molecule has 0 saturated carbocycles. The molecule has 24 heavy (non-hydrogen) atoms. The number of amides is 1. The number of carbonyl (C=O) groups is 1. The molecular weight excluding hydrogens is 304 g/mol. The third-order valence-electron chi connectivity index (χ3n) is 4.56. The van der Waals surface area contributed by atoms with Crippen LogP contribution in [-0.4, -0.2) is 29.9 Å². The summed E-state index contributed by atoms with van der Waals surface area (Å²) in [4.78, 5) is 14.1. The summed E-state index contributed by atoms with van der Waals surface area (Å²) in [7, 11) is 0. The van der Waals surface area contributed by atoms with Gasteiger partial charge in [-0.2, -0.15) is 0 Å². The number of furan rings is 2. The molecule has 1 amide bonds. The number of rotatable bonds is 4. The summed E-state index contributed by atoms with van der Waals surface area (Å²) in [6, 6.07) is 14.0. The molecular formula is C19H20N2O3. The van der Waals surface area contributed by atoms with Crippen molar-refractivity contribution < 1.29 is 13.6 Å². The Balaban J connectivity index is 1.29. The lowest BCUT2D eigenvalue weighted by Crippen LogP contribution is -2.44. The van der Waals surface area contributed by atoms with Crippen molar-refractivity contribution in [2.45, 2.75) is 25.4 Å². The van der Waals surface area contributed by atoms with Gasteiger partial charge in [0.25, 0.3) is 5.91 Å². The first-order valence-corrected chi connectivity index (χ1v) is 8.33. The van der Waals surface area contributed by atoms with Gasteiger partial charge in [0.1, 0.15) is 11.3 Å². The molecule has 2 aromatic heterocycles. The number of nitrogens with zero attached hydrogens (tertiary/aromatic N) is 1. The van der Waals surface area contributed by atoms with Gasteiger partial charge in [-0.05, 0) is 37.1 Å². The zero-order chi connectivity index (χ0) is 16.4. The Hall–Kier alpha value is -2.53. The van der Waals surface area contributed by atoms with Crippen molar-refractivity contribution in [3.63, 3.8) is 0 Å². The molecule has 3 aromatic rings. The van der Waals surface area contributed by atoms with E-state index in [1.54, 1.807) is 12.1 Å². The molecule has 124 valence electrons. The SMILES string of the molecule is O=C(c1ccco1)N1CCC(NCc2cc3ccccc3o2)CC1. The van der Waals surface area contributed by atoms with E-state index in [0.29, 0.717) is 18.3 Å². The summed E-state index contributed by atoms with van der Waals surface area (Å²) in [6.07, 6.45) is 3.41. The largest absolute Gasteiger partial charge is 0.460 e. The predicted molar refractivity (Wildman–Crippen MR) is 90.7 cm³/mol. The molecule has 1 aliphatic heterocycles. The summed E-state index contributed by atoms with van der Waals surface area (Å²) in [5, 5.41) is 4.67. The molecule has 1 fully saturated rings. The van der Waals surface area contributed by atoms with E-state index in [0.717, 1.165) is 42.7 Å². The average molecular weight is 324 g/mol. The minimum absolute atomic E-state index is 0.0178. The van der Waals surface area contributed by atoms with Crippen LogP contribution in [-0.2, 0) is 6.54 Å². The second-order valence-electron chi connectivity index (χ2n) is 6.18. The molecule has 1 saturated heterocycles. The van der Waals surface area contributed by atoms with Crippen molar-refractivity contribution in [2.75, 3.05) is 13.1 Å². The summed E-state index contributed by atoms with van der Waals surface area (Å²) < 4.78 is 11.0. The lowest BCUT2D eigenvalue weighted by atomic mass is 10.0. The minimum atomic E-state index is -0.0178. The fourth-order valence-electron chi connectivity index (χ4n) is 3.21. The molecule has 3 heterocycles. The van der Waals surface area contributed by atoms with Crippen LogP contribution in [0.1, 0.15) is 29.2 Å². The predicted octanol–water partition coefficient (Wildman–Crippen LogP) is 3.42. The van der Waals surface area contributed by atoms with Crippen molar-refractivity contribution in [1.82, 2.24) is 10.2 Å². The van der Waals surface area contributed by atoms with Crippen molar-refractivity contribution >= 4 is 16.9 Å². The maximum atomic E-state index is 12.2. The number of hydrogen-bond donors (Lipinski definition) is 1. The van der Waals surface area contributed by atoms with Gasteiger partial charge in [0.05, 0.1) is 12.8 Å². The monoisotopic (exact) mass is 324 g/mol. The van der Waals surface area contributed by atoms with E-state index in [1.165, 1.54) is 6.26 Å². The number of para-hydroxylation sites is 1. The highest BCUT2D eigenvalue weighted by Crippen LogP contribution is 2.20. The maximum Gasteiger partial charge on any atom is 0.289 e. The Morgan fingerprint density at radius 1 is 1.17 bits per heavy atom. The quantitative estimate of drug-likeness (QED) is 0.799. The Bertz CT molecular complexity index is 781. The van der Waals surface area contributed by atoms with E-state index in [9.17, 15) is 4.79 Å². The summed E-state index contributed by atoms with van der Waals surface area (Å²) in [5.41, 5.74) is 0.924. The molecule has 0 spiro atoms.